The number of halogens is 4. The van der Waals surface area contributed by atoms with Crippen LogP contribution in [-0.2, 0) is 10.0 Å². The van der Waals surface area contributed by atoms with Gasteiger partial charge in [-0.25, -0.2) is 21.9 Å². The van der Waals surface area contributed by atoms with Gasteiger partial charge in [0.25, 0.3) is 0 Å². The standard InChI is InChI=1S/C15H13F4NO3S/c1-9(10-3-2-4-11(7-10)23-15(18)19)20-24(21,22)12-5-6-13(16)14(17)8-12/h2-9,15,20H,1H3. The third-order valence-corrected chi connectivity index (χ3v) is 4.65. The maximum atomic E-state index is 13.2. The van der Waals surface area contributed by atoms with Crippen LogP contribution in [0.2, 0.25) is 0 Å². The molecule has 24 heavy (non-hydrogen) atoms. The maximum absolute atomic E-state index is 13.2. The molecule has 130 valence electrons. The Morgan fingerprint density at radius 1 is 1.04 bits per heavy atom. The minimum atomic E-state index is -4.13. The molecule has 0 spiro atoms. The summed E-state index contributed by atoms with van der Waals surface area (Å²) in [5.41, 5.74) is 0.360. The van der Waals surface area contributed by atoms with E-state index in [1.807, 2.05) is 0 Å². The van der Waals surface area contributed by atoms with E-state index in [-0.39, 0.29) is 5.75 Å². The van der Waals surface area contributed by atoms with Crippen molar-refractivity contribution in [1.82, 2.24) is 4.72 Å². The predicted octanol–water partition coefficient (Wildman–Crippen LogP) is 3.61. The lowest BCUT2D eigenvalue weighted by Crippen LogP contribution is -2.27. The predicted molar refractivity (Wildman–Crippen MR) is 78.2 cm³/mol. The summed E-state index contributed by atoms with van der Waals surface area (Å²) in [6.07, 6.45) is 0. The molecule has 1 atom stereocenters. The summed E-state index contributed by atoms with van der Waals surface area (Å²) in [6, 6.07) is 6.85. The van der Waals surface area contributed by atoms with Crippen LogP contribution in [0.15, 0.2) is 47.4 Å². The SMILES string of the molecule is CC(NS(=O)(=O)c1ccc(F)c(F)c1)c1cccc(OC(F)F)c1. The van der Waals surface area contributed by atoms with E-state index in [4.69, 9.17) is 0 Å². The molecule has 2 aromatic rings. The smallest absolute Gasteiger partial charge is 0.387 e. The monoisotopic (exact) mass is 363 g/mol. The Kier molecular flexibility index (Phi) is 5.45. The summed E-state index contributed by atoms with van der Waals surface area (Å²) >= 11 is 0. The van der Waals surface area contributed by atoms with Gasteiger partial charge in [0.2, 0.25) is 10.0 Å². The van der Waals surface area contributed by atoms with Gasteiger partial charge in [-0.3, -0.25) is 0 Å². The van der Waals surface area contributed by atoms with Crippen molar-refractivity contribution in [1.29, 1.82) is 0 Å². The van der Waals surface area contributed by atoms with Crippen LogP contribution in [0.1, 0.15) is 18.5 Å². The average Bonchev–Trinajstić information content (AvgIpc) is 2.49. The minimum Gasteiger partial charge on any atom is -0.435 e. The second kappa shape index (κ2) is 7.18. The number of nitrogens with one attached hydrogen (secondary N) is 1. The van der Waals surface area contributed by atoms with Gasteiger partial charge in [-0.05, 0) is 42.8 Å². The normalized spacial score (nSPS) is 13.1. The summed E-state index contributed by atoms with van der Waals surface area (Å²) < 4.78 is 81.4. The van der Waals surface area contributed by atoms with E-state index >= 15 is 0 Å². The number of alkyl halides is 2. The van der Waals surface area contributed by atoms with E-state index in [0.29, 0.717) is 17.7 Å². The molecule has 2 aromatic carbocycles. The molecule has 0 saturated carbocycles. The zero-order valence-corrected chi connectivity index (χ0v) is 13.2. The zero-order valence-electron chi connectivity index (χ0n) is 12.3. The van der Waals surface area contributed by atoms with Gasteiger partial charge in [-0.2, -0.15) is 8.78 Å². The molecule has 0 aliphatic heterocycles. The van der Waals surface area contributed by atoms with Gasteiger partial charge >= 0.3 is 6.61 Å². The fourth-order valence-electron chi connectivity index (χ4n) is 1.97. The van der Waals surface area contributed by atoms with Crippen LogP contribution in [-0.4, -0.2) is 15.0 Å². The van der Waals surface area contributed by atoms with Crippen LogP contribution >= 0.6 is 0 Å². The number of rotatable bonds is 6. The number of sulfonamides is 1. The topological polar surface area (TPSA) is 55.4 Å². The lowest BCUT2D eigenvalue weighted by atomic mass is 10.1. The van der Waals surface area contributed by atoms with Crippen molar-refractivity contribution in [2.24, 2.45) is 0 Å². The molecule has 0 radical (unpaired) electrons. The first-order valence-corrected chi connectivity index (χ1v) is 8.19. The Balaban J connectivity index is 2.21. The van der Waals surface area contributed by atoms with Gasteiger partial charge < -0.3 is 4.74 Å². The molecular weight excluding hydrogens is 350 g/mol. The molecule has 0 aliphatic carbocycles. The second-order valence-corrected chi connectivity index (χ2v) is 6.58. The summed E-state index contributed by atoms with van der Waals surface area (Å²) in [5, 5.41) is 0. The zero-order chi connectivity index (χ0) is 17.9. The third-order valence-electron chi connectivity index (χ3n) is 3.12. The highest BCUT2D eigenvalue weighted by molar-refractivity contribution is 7.89. The molecule has 1 unspecified atom stereocenters. The Labute approximate surface area is 136 Å². The van der Waals surface area contributed by atoms with Crippen molar-refractivity contribution in [3.05, 3.63) is 59.7 Å². The molecule has 2 rings (SSSR count). The van der Waals surface area contributed by atoms with Gasteiger partial charge in [-0.15, -0.1) is 0 Å². The van der Waals surface area contributed by atoms with Crippen LogP contribution in [0.4, 0.5) is 17.6 Å². The first-order chi connectivity index (χ1) is 11.2. The molecule has 0 saturated heterocycles. The Bertz CT molecular complexity index is 827. The van der Waals surface area contributed by atoms with E-state index in [9.17, 15) is 26.0 Å². The van der Waals surface area contributed by atoms with Crippen LogP contribution in [0.3, 0.4) is 0 Å². The highest BCUT2D eigenvalue weighted by atomic mass is 32.2. The van der Waals surface area contributed by atoms with Crippen molar-refractivity contribution >= 4 is 10.0 Å². The van der Waals surface area contributed by atoms with E-state index in [0.717, 1.165) is 6.07 Å². The Hall–Kier alpha value is -2.13. The first-order valence-electron chi connectivity index (χ1n) is 6.71. The van der Waals surface area contributed by atoms with Crippen LogP contribution in [0.5, 0.6) is 5.75 Å². The molecule has 9 heteroatoms. The summed E-state index contributed by atoms with van der Waals surface area (Å²) in [5.74, 6) is -2.59. The van der Waals surface area contributed by atoms with E-state index in [2.05, 4.69) is 9.46 Å². The van der Waals surface area contributed by atoms with Gasteiger partial charge in [0.05, 0.1) is 4.90 Å². The van der Waals surface area contributed by atoms with E-state index in [1.54, 1.807) is 0 Å². The lowest BCUT2D eigenvalue weighted by molar-refractivity contribution is -0.0499. The van der Waals surface area contributed by atoms with Crippen LogP contribution < -0.4 is 9.46 Å². The fourth-order valence-corrected chi connectivity index (χ4v) is 3.22. The van der Waals surface area contributed by atoms with Crippen molar-refractivity contribution in [3.8, 4) is 5.75 Å². The second-order valence-electron chi connectivity index (χ2n) is 4.87. The first kappa shape index (κ1) is 18.2. The van der Waals surface area contributed by atoms with Crippen molar-refractivity contribution in [2.75, 3.05) is 0 Å². The lowest BCUT2D eigenvalue weighted by Gasteiger charge is -2.16. The van der Waals surface area contributed by atoms with Gasteiger partial charge in [-0.1, -0.05) is 12.1 Å². The number of hydrogen-bond acceptors (Lipinski definition) is 3. The molecule has 0 bridgehead atoms. The summed E-state index contributed by atoms with van der Waals surface area (Å²) in [7, 11) is -4.13. The minimum absolute atomic E-state index is 0.124. The molecule has 1 N–H and O–H groups in total. The van der Waals surface area contributed by atoms with Gasteiger partial charge in [0.15, 0.2) is 11.6 Å². The fraction of sp³-hybridized carbons (Fsp3) is 0.200. The molecule has 0 aromatic heterocycles. The summed E-state index contributed by atoms with van der Waals surface area (Å²) in [4.78, 5) is -0.451. The van der Waals surface area contributed by atoms with Crippen molar-refractivity contribution in [3.63, 3.8) is 0 Å². The molecule has 0 heterocycles. The largest absolute Gasteiger partial charge is 0.435 e. The van der Waals surface area contributed by atoms with Gasteiger partial charge in [0.1, 0.15) is 5.75 Å². The Morgan fingerprint density at radius 3 is 2.38 bits per heavy atom. The molecule has 0 fully saturated rings. The van der Waals surface area contributed by atoms with E-state index < -0.39 is 39.2 Å². The summed E-state index contributed by atoms with van der Waals surface area (Å²) in [6.45, 7) is -1.53. The maximum Gasteiger partial charge on any atom is 0.387 e. The van der Waals surface area contributed by atoms with Crippen molar-refractivity contribution < 1.29 is 30.7 Å². The van der Waals surface area contributed by atoms with Crippen LogP contribution in [0, 0.1) is 11.6 Å². The average molecular weight is 363 g/mol. The van der Waals surface area contributed by atoms with Crippen LogP contribution in [0.25, 0.3) is 0 Å². The highest BCUT2D eigenvalue weighted by Gasteiger charge is 2.20. The molecule has 0 aliphatic rings. The molecular formula is C15H13F4NO3S. The van der Waals surface area contributed by atoms with Crippen molar-refractivity contribution in [2.45, 2.75) is 24.5 Å². The quantitative estimate of drug-likeness (QED) is 0.798. The number of benzene rings is 2. The molecule has 4 nitrogen and oxygen atoms in total. The van der Waals surface area contributed by atoms with Gasteiger partial charge in [0, 0.05) is 6.04 Å². The molecule has 0 amide bonds. The Morgan fingerprint density at radius 2 is 1.75 bits per heavy atom. The highest BCUT2D eigenvalue weighted by Crippen LogP contribution is 2.23. The number of ether oxygens (including phenoxy) is 1. The third kappa shape index (κ3) is 4.45. The number of hydrogen-bond donors (Lipinski definition) is 1. The van der Waals surface area contributed by atoms with E-state index in [1.165, 1.54) is 31.2 Å².